The van der Waals surface area contributed by atoms with E-state index in [1.807, 2.05) is 0 Å². The molecule has 0 saturated carbocycles. The maximum atomic E-state index is 14.3. The highest BCUT2D eigenvalue weighted by Gasteiger charge is 2.43. The van der Waals surface area contributed by atoms with Gasteiger partial charge in [0.15, 0.2) is 29.1 Å². The number of esters is 2. The van der Waals surface area contributed by atoms with Crippen LogP contribution in [0.4, 0.5) is 36.6 Å². The highest BCUT2D eigenvalue weighted by Crippen LogP contribution is 2.38. The normalized spacial score (nSPS) is 12.6. The van der Waals surface area contributed by atoms with Crippen LogP contribution >= 0.6 is 0 Å². The Labute approximate surface area is 186 Å². The third-order valence-electron chi connectivity index (χ3n) is 3.95. The van der Waals surface area contributed by atoms with Crippen LogP contribution in [0.15, 0.2) is 6.20 Å². The van der Waals surface area contributed by atoms with Crippen molar-refractivity contribution in [1.82, 2.24) is 9.78 Å². The van der Waals surface area contributed by atoms with Crippen molar-refractivity contribution in [3.63, 3.8) is 0 Å². The molecule has 0 saturated heterocycles. The van der Waals surface area contributed by atoms with E-state index in [0.29, 0.717) is 6.20 Å². The van der Waals surface area contributed by atoms with Crippen LogP contribution in [0, 0.1) is 34.6 Å². The topological polar surface area (TPSA) is 106 Å². The summed E-state index contributed by atoms with van der Waals surface area (Å²) in [6.45, 7) is 4.40. The molecule has 15 heteroatoms. The minimum atomic E-state index is -5.76. The number of carbonyl (C=O) groups is 2. The standard InChI is InChI=1S/C19H15F7N4O4/c1-18(2,3)34-17(32)13(16(31)33-4)28-15-7(5-27)6-30(29-15)14-11(22)9(20)8(19(24,25)26)10(21)12(14)23/h6,13H,1-4H3,(H,28,29). The first-order chi connectivity index (χ1) is 15.5. The largest absolute Gasteiger partial charge is 0.467 e. The molecule has 2 rings (SSSR count). The molecule has 8 nitrogen and oxygen atoms in total. The Morgan fingerprint density at radius 1 is 1.06 bits per heavy atom. The number of nitrogens with zero attached hydrogens (tertiary/aromatic N) is 3. The number of benzene rings is 1. The average Bonchev–Trinajstić information content (AvgIpc) is 3.10. The zero-order valence-electron chi connectivity index (χ0n) is 17.8. The van der Waals surface area contributed by atoms with Gasteiger partial charge in [0.1, 0.15) is 28.5 Å². The monoisotopic (exact) mass is 496 g/mol. The molecule has 34 heavy (non-hydrogen) atoms. The predicted molar refractivity (Wildman–Crippen MR) is 98.4 cm³/mol. The van der Waals surface area contributed by atoms with Crippen molar-refractivity contribution in [3.8, 4) is 11.8 Å². The summed E-state index contributed by atoms with van der Waals surface area (Å²) in [6.07, 6.45) is -5.26. The van der Waals surface area contributed by atoms with E-state index in [4.69, 9.17) is 4.74 Å². The van der Waals surface area contributed by atoms with Gasteiger partial charge in [-0.2, -0.15) is 18.4 Å². The van der Waals surface area contributed by atoms with E-state index in [9.17, 15) is 45.6 Å². The molecule has 1 N–H and O–H groups in total. The lowest BCUT2D eigenvalue weighted by molar-refractivity contribution is -0.162. The highest BCUT2D eigenvalue weighted by molar-refractivity contribution is 6.02. The van der Waals surface area contributed by atoms with E-state index < -0.39 is 75.7 Å². The summed E-state index contributed by atoms with van der Waals surface area (Å²) in [7, 11) is 0.906. The van der Waals surface area contributed by atoms with Crippen molar-refractivity contribution in [2.75, 3.05) is 12.4 Å². The van der Waals surface area contributed by atoms with Crippen molar-refractivity contribution in [2.45, 2.75) is 38.6 Å². The Hall–Kier alpha value is -3.83. The zero-order chi connectivity index (χ0) is 26.2. The molecular weight excluding hydrogens is 481 g/mol. The Balaban J connectivity index is 2.62. The Morgan fingerprint density at radius 3 is 2.00 bits per heavy atom. The highest BCUT2D eigenvalue weighted by atomic mass is 19.4. The molecule has 184 valence electrons. The fraction of sp³-hybridized carbons (Fsp3) is 0.368. The molecule has 0 amide bonds. The fourth-order valence-corrected chi connectivity index (χ4v) is 2.58. The predicted octanol–water partition coefficient (Wildman–Crippen LogP) is 3.61. The smallest absolute Gasteiger partial charge is 0.422 e. The lowest BCUT2D eigenvalue weighted by Gasteiger charge is -2.23. The molecule has 1 atom stereocenters. The maximum Gasteiger partial charge on any atom is 0.422 e. The molecule has 0 radical (unpaired) electrons. The summed E-state index contributed by atoms with van der Waals surface area (Å²) in [4.78, 5) is 24.4. The van der Waals surface area contributed by atoms with E-state index in [2.05, 4.69) is 15.2 Å². The number of anilines is 1. The van der Waals surface area contributed by atoms with Gasteiger partial charge in [-0.05, 0) is 20.8 Å². The number of alkyl halides is 3. The van der Waals surface area contributed by atoms with Crippen LogP contribution < -0.4 is 5.32 Å². The quantitative estimate of drug-likeness (QED) is 0.292. The lowest BCUT2D eigenvalue weighted by atomic mass is 10.1. The van der Waals surface area contributed by atoms with Crippen LogP contribution in [0.25, 0.3) is 5.69 Å². The summed E-state index contributed by atoms with van der Waals surface area (Å²) in [5.41, 5.74) is -6.21. The molecule has 1 aromatic carbocycles. The molecule has 0 bridgehead atoms. The summed E-state index contributed by atoms with van der Waals surface area (Å²) >= 11 is 0. The Bertz CT molecular complexity index is 1150. The SMILES string of the molecule is COC(=O)C(Nc1nn(-c2c(F)c(F)c(C(F)(F)F)c(F)c2F)cc1C#N)C(=O)OC(C)(C)C. The maximum absolute atomic E-state index is 14.3. The van der Waals surface area contributed by atoms with Gasteiger partial charge in [-0.15, -0.1) is 5.10 Å². The molecule has 0 aliphatic rings. The number of halogens is 7. The summed E-state index contributed by atoms with van der Waals surface area (Å²) in [5.74, 6) is -13.5. The molecule has 0 fully saturated rings. The number of hydrogen-bond acceptors (Lipinski definition) is 7. The van der Waals surface area contributed by atoms with E-state index in [0.717, 1.165) is 7.11 Å². The Kier molecular flexibility index (Phi) is 7.15. The molecule has 0 aliphatic heterocycles. The number of nitrogens with one attached hydrogen (secondary N) is 1. The zero-order valence-corrected chi connectivity index (χ0v) is 17.8. The summed E-state index contributed by atoms with van der Waals surface area (Å²) in [6, 6.07) is -0.472. The number of rotatable bonds is 5. The summed E-state index contributed by atoms with van der Waals surface area (Å²) in [5, 5.41) is 14.9. The number of carbonyl (C=O) groups excluding carboxylic acids is 2. The van der Waals surface area contributed by atoms with Gasteiger partial charge in [0, 0.05) is 0 Å². The number of hydrogen-bond donors (Lipinski definition) is 1. The number of ether oxygens (including phenoxy) is 2. The fourth-order valence-electron chi connectivity index (χ4n) is 2.58. The Morgan fingerprint density at radius 2 is 1.59 bits per heavy atom. The van der Waals surface area contributed by atoms with Crippen molar-refractivity contribution >= 4 is 17.8 Å². The number of aromatic nitrogens is 2. The summed E-state index contributed by atoms with van der Waals surface area (Å²) < 4.78 is 104. The van der Waals surface area contributed by atoms with Crippen molar-refractivity contribution in [3.05, 3.63) is 40.6 Å². The van der Waals surface area contributed by atoms with Gasteiger partial charge >= 0.3 is 18.1 Å². The molecule has 0 aliphatic carbocycles. The minimum Gasteiger partial charge on any atom is -0.467 e. The lowest BCUT2D eigenvalue weighted by Crippen LogP contribution is -2.43. The van der Waals surface area contributed by atoms with Crippen LogP contribution in [-0.4, -0.2) is 40.5 Å². The second kappa shape index (κ2) is 9.20. The molecule has 1 unspecified atom stereocenters. The van der Waals surface area contributed by atoms with Crippen molar-refractivity contribution < 1.29 is 49.8 Å². The molecule has 1 aromatic heterocycles. The van der Waals surface area contributed by atoms with E-state index in [-0.39, 0.29) is 4.68 Å². The second-order valence-electron chi connectivity index (χ2n) is 7.56. The first-order valence-electron chi connectivity index (χ1n) is 9.04. The van der Waals surface area contributed by atoms with Gasteiger partial charge in [-0.1, -0.05) is 0 Å². The minimum absolute atomic E-state index is 0.0291. The van der Waals surface area contributed by atoms with Crippen LogP contribution in [0.5, 0.6) is 0 Å². The third-order valence-corrected chi connectivity index (χ3v) is 3.95. The first-order valence-corrected chi connectivity index (χ1v) is 9.04. The van der Waals surface area contributed by atoms with Crippen LogP contribution in [0.2, 0.25) is 0 Å². The molecule has 0 spiro atoms. The number of methoxy groups -OCH3 is 1. The van der Waals surface area contributed by atoms with Crippen molar-refractivity contribution in [2.24, 2.45) is 0 Å². The van der Waals surface area contributed by atoms with Gasteiger partial charge in [-0.25, -0.2) is 31.8 Å². The van der Waals surface area contributed by atoms with Crippen molar-refractivity contribution in [1.29, 1.82) is 5.26 Å². The van der Waals surface area contributed by atoms with Gasteiger partial charge in [0.2, 0.25) is 6.04 Å². The molecule has 1 heterocycles. The first kappa shape index (κ1) is 26.4. The second-order valence-corrected chi connectivity index (χ2v) is 7.56. The van der Waals surface area contributed by atoms with Crippen LogP contribution in [0.3, 0.4) is 0 Å². The number of nitriles is 1. The van der Waals surface area contributed by atoms with Gasteiger partial charge in [0.05, 0.1) is 13.3 Å². The van der Waals surface area contributed by atoms with Gasteiger partial charge in [0.25, 0.3) is 0 Å². The molecule has 2 aromatic rings. The van der Waals surface area contributed by atoms with E-state index >= 15 is 0 Å². The van der Waals surface area contributed by atoms with Gasteiger partial charge in [-0.3, -0.25) is 0 Å². The van der Waals surface area contributed by atoms with E-state index in [1.165, 1.54) is 26.8 Å². The average molecular weight is 496 g/mol. The molecular formula is C19H15F7N4O4. The van der Waals surface area contributed by atoms with Gasteiger partial charge < -0.3 is 14.8 Å². The van der Waals surface area contributed by atoms with Crippen LogP contribution in [-0.2, 0) is 25.2 Å². The van der Waals surface area contributed by atoms with E-state index in [1.54, 1.807) is 0 Å². The third kappa shape index (κ3) is 5.21. The van der Waals surface area contributed by atoms with Crippen LogP contribution in [0.1, 0.15) is 31.9 Å².